The summed E-state index contributed by atoms with van der Waals surface area (Å²) in [5, 5.41) is 20.3. The van der Waals surface area contributed by atoms with Crippen LogP contribution >= 0.6 is 11.6 Å². The number of rotatable bonds is 2. The SMILES string of the molecule is O=[N+]([O-])c1ccc(Cl)cc1N1CC(O)C1. The number of nitro benzene ring substituents is 1. The number of anilines is 1. The number of halogens is 1. The van der Waals surface area contributed by atoms with Crippen molar-refractivity contribution in [3.63, 3.8) is 0 Å². The molecule has 1 heterocycles. The van der Waals surface area contributed by atoms with Crippen LogP contribution < -0.4 is 4.90 Å². The number of β-amino-alcohol motifs (C(OH)–C–C–N with tert-alkyl or cyclic N) is 1. The van der Waals surface area contributed by atoms with Gasteiger partial charge in [0.05, 0.1) is 11.0 Å². The molecule has 1 aliphatic rings. The second kappa shape index (κ2) is 3.67. The Kier molecular flexibility index (Phi) is 2.50. The van der Waals surface area contributed by atoms with Crippen molar-refractivity contribution in [2.45, 2.75) is 6.10 Å². The molecule has 1 aliphatic heterocycles. The van der Waals surface area contributed by atoms with Gasteiger partial charge < -0.3 is 10.0 Å². The maximum absolute atomic E-state index is 10.7. The minimum atomic E-state index is -0.448. The van der Waals surface area contributed by atoms with Crippen molar-refractivity contribution < 1.29 is 10.0 Å². The molecule has 15 heavy (non-hydrogen) atoms. The number of benzene rings is 1. The topological polar surface area (TPSA) is 66.6 Å². The van der Waals surface area contributed by atoms with Crippen LogP contribution in [0.3, 0.4) is 0 Å². The van der Waals surface area contributed by atoms with Crippen LogP contribution in [-0.2, 0) is 0 Å². The first-order chi connectivity index (χ1) is 7.08. The molecular weight excluding hydrogens is 220 g/mol. The van der Waals surface area contributed by atoms with Gasteiger partial charge in [0.2, 0.25) is 0 Å². The van der Waals surface area contributed by atoms with Gasteiger partial charge in [-0.15, -0.1) is 0 Å². The molecular formula is C9H9ClN2O3. The Morgan fingerprint density at radius 1 is 1.53 bits per heavy atom. The zero-order valence-electron chi connectivity index (χ0n) is 7.76. The standard InChI is InChI=1S/C9H9ClN2O3/c10-6-1-2-8(12(14)15)9(3-6)11-4-7(13)5-11/h1-3,7,13H,4-5H2. The lowest BCUT2D eigenvalue weighted by Gasteiger charge is -2.37. The van der Waals surface area contributed by atoms with Gasteiger partial charge in [-0.2, -0.15) is 0 Å². The summed E-state index contributed by atoms with van der Waals surface area (Å²) in [5.74, 6) is 0. The second-order valence-corrected chi connectivity index (χ2v) is 3.89. The van der Waals surface area contributed by atoms with Gasteiger partial charge in [0.15, 0.2) is 0 Å². The molecule has 6 heteroatoms. The van der Waals surface area contributed by atoms with Crippen LogP contribution in [0.4, 0.5) is 11.4 Å². The Hall–Kier alpha value is -1.33. The van der Waals surface area contributed by atoms with Crippen molar-refractivity contribution in [2.75, 3.05) is 18.0 Å². The van der Waals surface area contributed by atoms with Crippen molar-refractivity contribution >= 4 is 23.0 Å². The molecule has 0 spiro atoms. The van der Waals surface area contributed by atoms with E-state index in [0.717, 1.165) is 0 Å². The fourth-order valence-corrected chi connectivity index (χ4v) is 1.72. The summed E-state index contributed by atoms with van der Waals surface area (Å²) in [7, 11) is 0. The molecule has 0 aromatic heterocycles. The number of hydrogen-bond acceptors (Lipinski definition) is 4. The highest BCUT2D eigenvalue weighted by Gasteiger charge is 2.29. The number of nitro groups is 1. The monoisotopic (exact) mass is 228 g/mol. The molecule has 80 valence electrons. The molecule has 1 aromatic rings. The van der Waals surface area contributed by atoms with Gasteiger partial charge in [-0.25, -0.2) is 0 Å². The number of aliphatic hydroxyl groups is 1. The fourth-order valence-electron chi connectivity index (χ4n) is 1.56. The van der Waals surface area contributed by atoms with E-state index in [9.17, 15) is 10.1 Å². The summed E-state index contributed by atoms with van der Waals surface area (Å²) < 4.78 is 0. The maximum Gasteiger partial charge on any atom is 0.292 e. The summed E-state index contributed by atoms with van der Waals surface area (Å²) in [6, 6.07) is 4.41. The summed E-state index contributed by atoms with van der Waals surface area (Å²) in [6.45, 7) is 0.836. The second-order valence-electron chi connectivity index (χ2n) is 3.45. The van der Waals surface area contributed by atoms with E-state index in [1.54, 1.807) is 11.0 Å². The Morgan fingerprint density at radius 3 is 2.73 bits per heavy atom. The maximum atomic E-state index is 10.7. The first-order valence-electron chi connectivity index (χ1n) is 4.45. The predicted molar refractivity (Wildman–Crippen MR) is 56.3 cm³/mol. The van der Waals surface area contributed by atoms with E-state index in [1.165, 1.54) is 12.1 Å². The molecule has 0 saturated carbocycles. The van der Waals surface area contributed by atoms with Crippen molar-refractivity contribution in [3.8, 4) is 0 Å². The largest absolute Gasteiger partial charge is 0.389 e. The molecule has 0 radical (unpaired) electrons. The van der Waals surface area contributed by atoms with E-state index in [1.807, 2.05) is 0 Å². The van der Waals surface area contributed by atoms with Crippen LogP contribution in [0.15, 0.2) is 18.2 Å². The van der Waals surface area contributed by atoms with E-state index in [4.69, 9.17) is 16.7 Å². The molecule has 1 saturated heterocycles. The Labute approximate surface area is 91.0 Å². The van der Waals surface area contributed by atoms with Gasteiger partial charge in [-0.3, -0.25) is 10.1 Å². The third-order valence-electron chi connectivity index (χ3n) is 2.34. The van der Waals surface area contributed by atoms with Crippen LogP contribution in [0, 0.1) is 10.1 Å². The fraction of sp³-hybridized carbons (Fsp3) is 0.333. The van der Waals surface area contributed by atoms with Crippen LogP contribution in [-0.4, -0.2) is 29.2 Å². The third kappa shape index (κ3) is 1.88. The van der Waals surface area contributed by atoms with Crippen molar-refractivity contribution in [2.24, 2.45) is 0 Å². The van der Waals surface area contributed by atoms with Crippen LogP contribution in [0.1, 0.15) is 0 Å². The molecule has 1 fully saturated rings. The molecule has 5 nitrogen and oxygen atoms in total. The Morgan fingerprint density at radius 2 is 2.20 bits per heavy atom. The molecule has 1 N–H and O–H groups in total. The van der Waals surface area contributed by atoms with Gasteiger partial charge >= 0.3 is 0 Å². The highest BCUT2D eigenvalue weighted by molar-refractivity contribution is 6.31. The van der Waals surface area contributed by atoms with Crippen molar-refractivity contribution in [1.82, 2.24) is 0 Å². The quantitative estimate of drug-likeness (QED) is 0.614. The van der Waals surface area contributed by atoms with Crippen LogP contribution in [0.5, 0.6) is 0 Å². The van der Waals surface area contributed by atoms with Gasteiger partial charge in [0, 0.05) is 24.2 Å². The Bertz CT molecular complexity index is 404. The van der Waals surface area contributed by atoms with Crippen molar-refractivity contribution in [3.05, 3.63) is 33.3 Å². The van der Waals surface area contributed by atoms with E-state index >= 15 is 0 Å². The molecule has 1 aromatic carbocycles. The van der Waals surface area contributed by atoms with E-state index in [0.29, 0.717) is 23.8 Å². The average Bonchev–Trinajstić information content (AvgIpc) is 2.12. The summed E-state index contributed by atoms with van der Waals surface area (Å²) >= 11 is 5.77. The minimum Gasteiger partial charge on any atom is -0.389 e. The summed E-state index contributed by atoms with van der Waals surface area (Å²) in [4.78, 5) is 12.0. The van der Waals surface area contributed by atoms with Crippen LogP contribution in [0.2, 0.25) is 5.02 Å². The summed E-state index contributed by atoms with van der Waals surface area (Å²) in [5.41, 5.74) is 0.490. The van der Waals surface area contributed by atoms with E-state index in [2.05, 4.69) is 0 Å². The zero-order valence-corrected chi connectivity index (χ0v) is 8.52. The van der Waals surface area contributed by atoms with E-state index in [-0.39, 0.29) is 5.69 Å². The molecule has 0 unspecified atom stereocenters. The minimum absolute atomic E-state index is 0.0197. The molecule has 0 bridgehead atoms. The number of hydrogen-bond donors (Lipinski definition) is 1. The third-order valence-corrected chi connectivity index (χ3v) is 2.57. The lowest BCUT2D eigenvalue weighted by Crippen LogP contribution is -2.51. The van der Waals surface area contributed by atoms with Crippen LogP contribution in [0.25, 0.3) is 0 Å². The zero-order chi connectivity index (χ0) is 11.0. The number of nitrogens with zero attached hydrogens (tertiary/aromatic N) is 2. The molecule has 0 aliphatic carbocycles. The lowest BCUT2D eigenvalue weighted by molar-refractivity contribution is -0.384. The predicted octanol–water partition coefficient (Wildman–Crippen LogP) is 1.43. The summed E-state index contributed by atoms with van der Waals surface area (Å²) in [6.07, 6.45) is -0.399. The van der Waals surface area contributed by atoms with E-state index < -0.39 is 11.0 Å². The van der Waals surface area contributed by atoms with Gasteiger partial charge in [0.25, 0.3) is 5.69 Å². The highest BCUT2D eigenvalue weighted by atomic mass is 35.5. The molecule has 2 rings (SSSR count). The molecule has 0 amide bonds. The van der Waals surface area contributed by atoms with Gasteiger partial charge in [-0.1, -0.05) is 11.6 Å². The Balaban J connectivity index is 2.35. The molecule has 0 atom stereocenters. The van der Waals surface area contributed by atoms with Crippen molar-refractivity contribution in [1.29, 1.82) is 0 Å². The first kappa shape index (κ1) is 10.2. The smallest absolute Gasteiger partial charge is 0.292 e. The highest BCUT2D eigenvalue weighted by Crippen LogP contribution is 2.33. The lowest BCUT2D eigenvalue weighted by atomic mass is 10.1. The normalized spacial score (nSPS) is 16.3. The average molecular weight is 229 g/mol. The number of aliphatic hydroxyl groups excluding tert-OH is 1. The first-order valence-corrected chi connectivity index (χ1v) is 4.82. The van der Waals surface area contributed by atoms with Gasteiger partial charge in [0.1, 0.15) is 5.69 Å². The van der Waals surface area contributed by atoms with Gasteiger partial charge in [-0.05, 0) is 12.1 Å².